The zero-order chi connectivity index (χ0) is 15.7. The molecule has 0 atom stereocenters. The highest BCUT2D eigenvalue weighted by Gasteiger charge is 2.28. The molecule has 1 aliphatic rings. The molecule has 1 aromatic heterocycles. The highest BCUT2D eigenvalue weighted by molar-refractivity contribution is 7.91. The number of aromatic nitrogens is 1. The van der Waals surface area contributed by atoms with Crippen LogP contribution >= 0.6 is 11.3 Å². The third kappa shape index (κ3) is 4.17. The van der Waals surface area contributed by atoms with E-state index < -0.39 is 9.84 Å². The van der Waals surface area contributed by atoms with Gasteiger partial charge < -0.3 is 10.2 Å². The summed E-state index contributed by atoms with van der Waals surface area (Å²) in [5.74, 6) is 0.472. The summed E-state index contributed by atoms with van der Waals surface area (Å²) in [6.07, 6.45) is 0. The summed E-state index contributed by atoms with van der Waals surface area (Å²) in [6.45, 7) is 11.5. The normalized spacial score (nSPS) is 19.0. The number of thiazole rings is 1. The van der Waals surface area contributed by atoms with Gasteiger partial charge in [0, 0.05) is 29.9 Å². The third-order valence-corrected chi connectivity index (χ3v) is 6.27. The lowest BCUT2D eigenvalue weighted by atomic mass is 9.91. The molecule has 0 aliphatic carbocycles. The predicted octanol–water partition coefficient (Wildman–Crippen LogP) is 1.78. The van der Waals surface area contributed by atoms with Gasteiger partial charge in [0.25, 0.3) is 0 Å². The van der Waals surface area contributed by atoms with Gasteiger partial charge in [-0.3, -0.25) is 0 Å². The summed E-state index contributed by atoms with van der Waals surface area (Å²) < 4.78 is 23.1. The number of hydrogen-bond acceptors (Lipinski definition) is 6. The fourth-order valence-corrected chi connectivity index (χ4v) is 4.82. The molecule has 2 heterocycles. The molecule has 1 saturated heterocycles. The summed E-state index contributed by atoms with van der Waals surface area (Å²) in [4.78, 5) is 8.18. The Kier molecular flexibility index (Phi) is 4.95. The summed E-state index contributed by atoms with van der Waals surface area (Å²) in [6, 6.07) is 0. The van der Waals surface area contributed by atoms with Crippen LogP contribution < -0.4 is 10.2 Å². The second kappa shape index (κ2) is 6.22. The molecule has 5 nitrogen and oxygen atoms in total. The monoisotopic (exact) mass is 331 g/mol. The van der Waals surface area contributed by atoms with Crippen molar-refractivity contribution in [3.8, 4) is 0 Å². The van der Waals surface area contributed by atoms with Gasteiger partial charge in [-0.25, -0.2) is 13.4 Å². The molecule has 0 radical (unpaired) electrons. The topological polar surface area (TPSA) is 62.3 Å². The molecular formula is C14H25N3O2S2. The van der Waals surface area contributed by atoms with E-state index in [4.69, 9.17) is 4.98 Å². The van der Waals surface area contributed by atoms with E-state index in [9.17, 15) is 8.42 Å². The van der Waals surface area contributed by atoms with E-state index in [0.717, 1.165) is 23.9 Å². The van der Waals surface area contributed by atoms with Crippen LogP contribution in [0.1, 0.15) is 38.3 Å². The standard InChI is InChI=1S/C14H25N3O2S2/c1-5-15-10-11-12(14(2,3)4)16-13(20-11)17-6-8-21(18,19)9-7-17/h15H,5-10H2,1-4H3. The number of nitrogens with one attached hydrogen (secondary N) is 1. The van der Waals surface area contributed by atoms with Crippen LogP contribution in [0.4, 0.5) is 5.13 Å². The van der Waals surface area contributed by atoms with Gasteiger partial charge in [-0.1, -0.05) is 27.7 Å². The van der Waals surface area contributed by atoms with E-state index in [1.54, 1.807) is 11.3 Å². The Balaban J connectivity index is 2.23. The smallest absolute Gasteiger partial charge is 0.185 e. The van der Waals surface area contributed by atoms with Crippen molar-refractivity contribution in [3.05, 3.63) is 10.6 Å². The largest absolute Gasteiger partial charge is 0.346 e. The fourth-order valence-electron chi connectivity index (χ4n) is 2.32. The zero-order valence-electron chi connectivity index (χ0n) is 13.3. The van der Waals surface area contributed by atoms with Crippen LogP contribution in [-0.2, 0) is 21.8 Å². The molecule has 2 rings (SSSR count). The van der Waals surface area contributed by atoms with Crippen molar-refractivity contribution >= 4 is 26.3 Å². The molecule has 0 saturated carbocycles. The Bertz CT molecular complexity index is 574. The molecule has 0 spiro atoms. The van der Waals surface area contributed by atoms with Crippen molar-refractivity contribution in [2.24, 2.45) is 0 Å². The summed E-state index contributed by atoms with van der Waals surface area (Å²) >= 11 is 1.69. The Morgan fingerprint density at radius 2 is 1.90 bits per heavy atom. The molecule has 1 aliphatic heterocycles. The van der Waals surface area contributed by atoms with E-state index in [0.29, 0.717) is 13.1 Å². The van der Waals surface area contributed by atoms with Gasteiger partial charge in [-0.2, -0.15) is 0 Å². The van der Waals surface area contributed by atoms with Crippen molar-refractivity contribution < 1.29 is 8.42 Å². The molecule has 0 unspecified atom stereocenters. The van der Waals surface area contributed by atoms with E-state index in [2.05, 4.69) is 37.9 Å². The highest BCUT2D eigenvalue weighted by atomic mass is 32.2. The average Bonchev–Trinajstić information content (AvgIpc) is 2.80. The van der Waals surface area contributed by atoms with Gasteiger partial charge in [-0.15, -0.1) is 11.3 Å². The van der Waals surface area contributed by atoms with Crippen LogP contribution in [0.15, 0.2) is 0 Å². The van der Waals surface area contributed by atoms with Crippen molar-refractivity contribution in [1.82, 2.24) is 10.3 Å². The van der Waals surface area contributed by atoms with Crippen molar-refractivity contribution in [2.75, 3.05) is 36.0 Å². The number of nitrogens with zero attached hydrogens (tertiary/aromatic N) is 2. The minimum atomic E-state index is -2.85. The van der Waals surface area contributed by atoms with Gasteiger partial charge in [0.1, 0.15) is 0 Å². The van der Waals surface area contributed by atoms with Crippen LogP contribution in [-0.4, -0.2) is 44.5 Å². The van der Waals surface area contributed by atoms with Crippen LogP contribution in [0.2, 0.25) is 0 Å². The zero-order valence-corrected chi connectivity index (χ0v) is 14.9. The van der Waals surface area contributed by atoms with Gasteiger partial charge >= 0.3 is 0 Å². The SMILES string of the molecule is CCNCc1sc(N2CCS(=O)(=O)CC2)nc1C(C)(C)C. The maximum Gasteiger partial charge on any atom is 0.185 e. The molecule has 21 heavy (non-hydrogen) atoms. The minimum Gasteiger partial charge on any atom is -0.346 e. The first-order valence-electron chi connectivity index (χ1n) is 7.39. The Hall–Kier alpha value is -0.660. The Morgan fingerprint density at radius 1 is 1.29 bits per heavy atom. The first kappa shape index (κ1) is 16.7. The molecular weight excluding hydrogens is 306 g/mol. The van der Waals surface area contributed by atoms with Gasteiger partial charge in [0.05, 0.1) is 17.2 Å². The van der Waals surface area contributed by atoms with Gasteiger partial charge in [-0.05, 0) is 6.54 Å². The highest BCUT2D eigenvalue weighted by Crippen LogP contribution is 2.34. The number of anilines is 1. The first-order chi connectivity index (χ1) is 9.73. The predicted molar refractivity (Wildman–Crippen MR) is 89.1 cm³/mol. The molecule has 0 bridgehead atoms. The molecule has 7 heteroatoms. The van der Waals surface area contributed by atoms with Crippen LogP contribution in [0.5, 0.6) is 0 Å². The summed E-state index contributed by atoms with van der Waals surface area (Å²) in [7, 11) is -2.85. The third-order valence-electron chi connectivity index (χ3n) is 3.55. The molecule has 1 aromatic rings. The van der Waals surface area contributed by atoms with E-state index >= 15 is 0 Å². The maximum absolute atomic E-state index is 11.5. The van der Waals surface area contributed by atoms with E-state index in [1.165, 1.54) is 4.88 Å². The van der Waals surface area contributed by atoms with Crippen molar-refractivity contribution in [2.45, 2.75) is 39.7 Å². The number of rotatable bonds is 4. The minimum absolute atomic E-state index is 0.00136. The fraction of sp³-hybridized carbons (Fsp3) is 0.786. The van der Waals surface area contributed by atoms with Crippen LogP contribution in [0, 0.1) is 0 Å². The second-order valence-electron chi connectivity index (χ2n) is 6.44. The van der Waals surface area contributed by atoms with Crippen LogP contribution in [0.25, 0.3) is 0 Å². The number of hydrogen-bond donors (Lipinski definition) is 1. The maximum atomic E-state index is 11.5. The molecule has 1 fully saturated rings. The second-order valence-corrected chi connectivity index (χ2v) is 9.80. The van der Waals surface area contributed by atoms with Gasteiger partial charge in [0.2, 0.25) is 0 Å². The Labute approximate surface area is 131 Å². The van der Waals surface area contributed by atoms with E-state index in [-0.39, 0.29) is 16.9 Å². The van der Waals surface area contributed by atoms with E-state index in [1.807, 2.05) is 0 Å². The summed E-state index contributed by atoms with van der Waals surface area (Å²) in [5, 5.41) is 4.32. The quantitative estimate of drug-likeness (QED) is 0.911. The Morgan fingerprint density at radius 3 is 2.43 bits per heavy atom. The lowest BCUT2D eigenvalue weighted by Gasteiger charge is -2.26. The first-order valence-corrected chi connectivity index (χ1v) is 10.0. The molecule has 1 N–H and O–H groups in total. The van der Waals surface area contributed by atoms with Crippen molar-refractivity contribution in [3.63, 3.8) is 0 Å². The molecule has 0 amide bonds. The lowest BCUT2D eigenvalue weighted by Crippen LogP contribution is -2.40. The lowest BCUT2D eigenvalue weighted by molar-refractivity contribution is 0.559. The molecule has 120 valence electrons. The van der Waals surface area contributed by atoms with Gasteiger partial charge in [0.15, 0.2) is 15.0 Å². The molecule has 0 aromatic carbocycles. The number of sulfone groups is 1. The summed E-state index contributed by atoms with van der Waals surface area (Å²) in [5.41, 5.74) is 1.12. The van der Waals surface area contributed by atoms with Crippen molar-refractivity contribution in [1.29, 1.82) is 0 Å². The average molecular weight is 332 g/mol. The van der Waals surface area contributed by atoms with Crippen LogP contribution in [0.3, 0.4) is 0 Å².